The molecule has 0 radical (unpaired) electrons. The molecule has 1 aromatic carbocycles. The molecular formula is C17H19N3O. The molecule has 0 atom stereocenters. The van der Waals surface area contributed by atoms with Crippen LogP contribution in [0.4, 0.5) is 0 Å². The van der Waals surface area contributed by atoms with E-state index >= 15 is 0 Å². The molecule has 0 aliphatic heterocycles. The Balaban J connectivity index is 1.91. The topological polar surface area (TPSA) is 53.1 Å². The number of hydrogen-bond donors (Lipinski definition) is 1. The van der Waals surface area contributed by atoms with Gasteiger partial charge < -0.3 is 15.0 Å². The van der Waals surface area contributed by atoms with Crippen LogP contribution in [0, 0.1) is 0 Å². The van der Waals surface area contributed by atoms with Gasteiger partial charge in [0.2, 0.25) is 0 Å². The highest BCUT2D eigenvalue weighted by Crippen LogP contribution is 2.22. The van der Waals surface area contributed by atoms with E-state index in [1.807, 2.05) is 12.1 Å². The van der Waals surface area contributed by atoms with Crippen LogP contribution in [-0.4, -0.2) is 9.55 Å². The Morgan fingerprint density at radius 1 is 1.24 bits per heavy atom. The Bertz CT molecular complexity index is 734. The Labute approximate surface area is 124 Å². The van der Waals surface area contributed by atoms with E-state index in [9.17, 15) is 0 Å². The van der Waals surface area contributed by atoms with Gasteiger partial charge in [0.15, 0.2) is 0 Å². The van der Waals surface area contributed by atoms with Crippen LogP contribution in [0.5, 0.6) is 5.75 Å². The van der Waals surface area contributed by atoms with Gasteiger partial charge in [0.25, 0.3) is 0 Å². The van der Waals surface area contributed by atoms with Crippen LogP contribution >= 0.6 is 0 Å². The third kappa shape index (κ3) is 2.76. The molecule has 2 N–H and O–H groups in total. The molecule has 0 saturated heterocycles. The minimum absolute atomic E-state index is 0.534. The van der Waals surface area contributed by atoms with Crippen molar-refractivity contribution in [1.29, 1.82) is 0 Å². The Morgan fingerprint density at radius 3 is 2.86 bits per heavy atom. The lowest BCUT2D eigenvalue weighted by Gasteiger charge is -2.10. The van der Waals surface area contributed by atoms with Gasteiger partial charge in [-0.2, -0.15) is 0 Å². The molecule has 0 unspecified atom stereocenters. The largest absolute Gasteiger partial charge is 0.486 e. The quantitative estimate of drug-likeness (QED) is 0.782. The van der Waals surface area contributed by atoms with Gasteiger partial charge in [0, 0.05) is 30.2 Å². The first-order valence-corrected chi connectivity index (χ1v) is 7.15. The van der Waals surface area contributed by atoms with Gasteiger partial charge in [0.05, 0.1) is 11.9 Å². The molecule has 3 aromatic rings. The lowest BCUT2D eigenvalue weighted by atomic mass is 10.1. The van der Waals surface area contributed by atoms with E-state index in [1.165, 1.54) is 10.9 Å². The van der Waals surface area contributed by atoms with E-state index in [2.05, 4.69) is 40.7 Å². The van der Waals surface area contributed by atoms with Crippen molar-refractivity contribution in [2.24, 2.45) is 5.73 Å². The van der Waals surface area contributed by atoms with E-state index in [4.69, 9.17) is 10.5 Å². The van der Waals surface area contributed by atoms with E-state index in [0.717, 1.165) is 23.6 Å². The number of pyridine rings is 1. The van der Waals surface area contributed by atoms with Gasteiger partial charge >= 0.3 is 0 Å². The molecule has 0 fully saturated rings. The Morgan fingerprint density at radius 2 is 2.14 bits per heavy atom. The predicted molar refractivity (Wildman–Crippen MR) is 84.1 cm³/mol. The zero-order valence-corrected chi connectivity index (χ0v) is 12.1. The first kappa shape index (κ1) is 13.6. The molecular weight excluding hydrogens is 262 g/mol. The molecule has 4 nitrogen and oxygen atoms in total. The molecule has 108 valence electrons. The molecule has 21 heavy (non-hydrogen) atoms. The second kappa shape index (κ2) is 5.97. The van der Waals surface area contributed by atoms with Crippen LogP contribution < -0.4 is 10.5 Å². The number of hydrogen-bond acceptors (Lipinski definition) is 3. The van der Waals surface area contributed by atoms with E-state index in [-0.39, 0.29) is 0 Å². The molecule has 3 rings (SSSR count). The summed E-state index contributed by atoms with van der Waals surface area (Å²) in [6.07, 6.45) is 3.47. The van der Waals surface area contributed by atoms with Crippen molar-refractivity contribution < 1.29 is 4.74 Å². The number of ether oxygens (including phenoxy) is 1. The van der Waals surface area contributed by atoms with Crippen molar-refractivity contribution in [2.45, 2.75) is 26.6 Å². The number of aryl methyl sites for hydroxylation is 1. The maximum atomic E-state index is 5.81. The summed E-state index contributed by atoms with van der Waals surface area (Å²) in [5.41, 5.74) is 9.25. The van der Waals surface area contributed by atoms with Crippen LogP contribution in [0.3, 0.4) is 0 Å². The van der Waals surface area contributed by atoms with Crippen molar-refractivity contribution in [3.05, 3.63) is 60.0 Å². The summed E-state index contributed by atoms with van der Waals surface area (Å²) in [6.45, 7) is 4.14. The summed E-state index contributed by atoms with van der Waals surface area (Å²) in [5.74, 6) is 0.785. The van der Waals surface area contributed by atoms with Crippen LogP contribution in [0.2, 0.25) is 0 Å². The fourth-order valence-electron chi connectivity index (χ4n) is 2.57. The minimum atomic E-state index is 0.534. The van der Waals surface area contributed by atoms with Gasteiger partial charge in [-0.15, -0.1) is 0 Å². The number of fused-ring (bicyclic) bond motifs is 1. The number of benzene rings is 1. The highest BCUT2D eigenvalue weighted by Gasteiger charge is 2.09. The summed E-state index contributed by atoms with van der Waals surface area (Å²) < 4.78 is 8.08. The predicted octanol–water partition coefficient (Wildman–Crippen LogP) is 3.09. The average molecular weight is 281 g/mol. The molecule has 0 spiro atoms. The van der Waals surface area contributed by atoms with Gasteiger partial charge in [-0.05, 0) is 36.8 Å². The van der Waals surface area contributed by atoms with E-state index < -0.39 is 0 Å². The molecule has 0 aliphatic carbocycles. The summed E-state index contributed by atoms with van der Waals surface area (Å²) in [5, 5.41) is 1.22. The lowest BCUT2D eigenvalue weighted by Crippen LogP contribution is -2.05. The average Bonchev–Trinajstić information content (AvgIpc) is 2.90. The fourth-order valence-corrected chi connectivity index (χ4v) is 2.57. The maximum Gasteiger partial charge on any atom is 0.138 e. The van der Waals surface area contributed by atoms with Crippen LogP contribution in [0.25, 0.3) is 10.9 Å². The molecule has 0 bridgehead atoms. The third-order valence-corrected chi connectivity index (χ3v) is 3.63. The van der Waals surface area contributed by atoms with Crippen molar-refractivity contribution in [1.82, 2.24) is 9.55 Å². The summed E-state index contributed by atoms with van der Waals surface area (Å²) in [7, 11) is 0. The molecule has 0 saturated carbocycles. The monoisotopic (exact) mass is 281 g/mol. The second-order valence-corrected chi connectivity index (χ2v) is 4.95. The normalized spacial score (nSPS) is 11.0. The zero-order valence-electron chi connectivity index (χ0n) is 12.1. The standard InChI is InChI=1S/C17H19N3O/c1-2-20-15(12-21-16-4-3-7-19-11-16)9-14-6-5-13(10-18)8-17(14)20/h3-9,11H,2,10,12,18H2,1H3. The SMILES string of the molecule is CCn1c(COc2cccnc2)cc2ccc(CN)cc21. The highest BCUT2D eigenvalue weighted by molar-refractivity contribution is 5.82. The lowest BCUT2D eigenvalue weighted by molar-refractivity contribution is 0.295. The van der Waals surface area contributed by atoms with Crippen LogP contribution in [0.15, 0.2) is 48.8 Å². The fraction of sp³-hybridized carbons (Fsp3) is 0.235. The van der Waals surface area contributed by atoms with Gasteiger partial charge in [-0.1, -0.05) is 12.1 Å². The summed E-state index contributed by atoms with van der Waals surface area (Å²) >= 11 is 0. The van der Waals surface area contributed by atoms with Crippen LogP contribution in [-0.2, 0) is 19.7 Å². The van der Waals surface area contributed by atoms with Crippen molar-refractivity contribution in [3.63, 3.8) is 0 Å². The van der Waals surface area contributed by atoms with Crippen molar-refractivity contribution in [3.8, 4) is 5.75 Å². The van der Waals surface area contributed by atoms with Gasteiger partial charge in [-0.3, -0.25) is 4.98 Å². The number of nitrogens with two attached hydrogens (primary N) is 1. The minimum Gasteiger partial charge on any atom is -0.486 e. The number of rotatable bonds is 5. The third-order valence-electron chi connectivity index (χ3n) is 3.63. The van der Waals surface area contributed by atoms with Crippen molar-refractivity contribution >= 4 is 10.9 Å². The van der Waals surface area contributed by atoms with E-state index in [1.54, 1.807) is 12.4 Å². The van der Waals surface area contributed by atoms with Crippen LogP contribution in [0.1, 0.15) is 18.2 Å². The zero-order chi connectivity index (χ0) is 14.7. The highest BCUT2D eigenvalue weighted by atomic mass is 16.5. The Kier molecular flexibility index (Phi) is 3.88. The second-order valence-electron chi connectivity index (χ2n) is 4.95. The maximum absolute atomic E-state index is 5.81. The molecule has 2 aromatic heterocycles. The smallest absolute Gasteiger partial charge is 0.138 e. The van der Waals surface area contributed by atoms with Crippen molar-refractivity contribution in [2.75, 3.05) is 0 Å². The molecule has 4 heteroatoms. The molecule has 0 amide bonds. The number of nitrogens with zero attached hydrogens (tertiary/aromatic N) is 2. The van der Waals surface area contributed by atoms with Gasteiger partial charge in [-0.25, -0.2) is 0 Å². The summed E-state index contributed by atoms with van der Waals surface area (Å²) in [4.78, 5) is 4.06. The molecule has 0 aliphatic rings. The first-order chi connectivity index (χ1) is 10.3. The molecule has 2 heterocycles. The van der Waals surface area contributed by atoms with E-state index in [0.29, 0.717) is 13.2 Å². The first-order valence-electron chi connectivity index (χ1n) is 7.15. The number of aromatic nitrogens is 2. The van der Waals surface area contributed by atoms with Gasteiger partial charge in [0.1, 0.15) is 12.4 Å². The summed E-state index contributed by atoms with van der Waals surface area (Å²) in [6, 6.07) is 12.3. The Hall–Kier alpha value is -2.33.